The lowest BCUT2D eigenvalue weighted by Gasteiger charge is -2.20. The molecule has 62 heavy (non-hydrogen) atoms. The molecule has 2 atom stereocenters. The van der Waals surface area contributed by atoms with Crippen LogP contribution < -0.4 is 4.57 Å². The minimum absolute atomic E-state index is 0.671. The van der Waals surface area contributed by atoms with E-state index in [9.17, 15) is 0 Å². The van der Waals surface area contributed by atoms with Crippen molar-refractivity contribution in [1.82, 2.24) is 4.57 Å². The molecule has 0 amide bonds. The first-order chi connectivity index (χ1) is 30.4. The average molecular weight is 869 g/mol. The first-order valence-electron chi connectivity index (χ1n) is 29.5. The fourth-order valence-corrected chi connectivity index (χ4v) is 10.6. The Balaban J connectivity index is 2.50. The lowest BCUT2D eigenvalue weighted by atomic mass is 9.88. The zero-order valence-electron chi connectivity index (χ0n) is 44.4. The van der Waals surface area contributed by atoms with Gasteiger partial charge in [-0.2, -0.15) is 0 Å². The second kappa shape index (κ2) is 45.4. The number of imidazole rings is 1. The second-order valence-electron chi connectivity index (χ2n) is 21.8. The molecule has 0 aromatic carbocycles. The Bertz CT molecular complexity index is 972. The molecule has 2 unspecified atom stereocenters. The van der Waals surface area contributed by atoms with Crippen LogP contribution in [0, 0.1) is 24.7 Å². The molecule has 0 radical (unpaired) electrons. The number of rotatable bonds is 50. The molecule has 0 aliphatic carbocycles. The van der Waals surface area contributed by atoms with Crippen molar-refractivity contribution in [3.8, 4) is 0 Å². The summed E-state index contributed by atoms with van der Waals surface area (Å²) in [5.41, 5.74) is 0. The van der Waals surface area contributed by atoms with Crippen LogP contribution in [0.15, 0.2) is 12.4 Å². The molecule has 0 bridgehead atoms. The quantitative estimate of drug-likeness (QED) is 0.0456. The van der Waals surface area contributed by atoms with E-state index in [4.69, 9.17) is 0 Å². The van der Waals surface area contributed by atoms with Crippen LogP contribution >= 0.6 is 0 Å². The predicted molar refractivity (Wildman–Crippen MR) is 281 cm³/mol. The first-order valence-corrected chi connectivity index (χ1v) is 29.5. The van der Waals surface area contributed by atoms with E-state index >= 15 is 0 Å². The van der Waals surface area contributed by atoms with Gasteiger partial charge in [-0.1, -0.05) is 298 Å². The molecule has 0 aliphatic rings. The Morgan fingerprint density at radius 1 is 0.371 bits per heavy atom. The van der Waals surface area contributed by atoms with Crippen molar-refractivity contribution in [1.29, 1.82) is 0 Å². The molecule has 1 aromatic heterocycles. The molecule has 0 N–H and O–H groups in total. The molecule has 368 valence electrons. The molecular weight excluding hydrogens is 749 g/mol. The van der Waals surface area contributed by atoms with Gasteiger partial charge < -0.3 is 0 Å². The summed E-state index contributed by atoms with van der Waals surface area (Å²) in [5, 5.41) is 0. The normalized spacial score (nSPS) is 13.0. The molecule has 1 rings (SSSR count). The van der Waals surface area contributed by atoms with Crippen LogP contribution in [0.1, 0.15) is 342 Å². The van der Waals surface area contributed by atoms with E-state index in [1.807, 2.05) is 0 Å². The number of aromatic nitrogens is 2. The summed E-state index contributed by atoms with van der Waals surface area (Å²) in [7, 11) is 0. The van der Waals surface area contributed by atoms with E-state index in [1.54, 1.807) is 0 Å². The van der Waals surface area contributed by atoms with Crippen molar-refractivity contribution in [2.45, 2.75) is 350 Å². The summed E-state index contributed by atoms with van der Waals surface area (Å²) < 4.78 is 5.23. The third-order valence-corrected chi connectivity index (χ3v) is 15.1. The van der Waals surface area contributed by atoms with Gasteiger partial charge in [-0.05, 0) is 49.9 Å². The number of hydrogen-bond acceptors (Lipinski definition) is 0. The molecule has 0 aliphatic heterocycles. The van der Waals surface area contributed by atoms with Crippen LogP contribution in [0.3, 0.4) is 0 Å². The van der Waals surface area contributed by atoms with Gasteiger partial charge in [-0.25, -0.2) is 9.13 Å². The molecule has 0 saturated heterocycles. The van der Waals surface area contributed by atoms with E-state index in [0.29, 0.717) is 6.04 Å². The molecule has 0 spiro atoms. The van der Waals surface area contributed by atoms with Gasteiger partial charge in [0.15, 0.2) is 0 Å². The van der Waals surface area contributed by atoms with E-state index in [1.165, 1.54) is 301 Å². The van der Waals surface area contributed by atoms with Crippen molar-refractivity contribution < 1.29 is 4.57 Å². The molecular formula is C60H119N2+. The van der Waals surface area contributed by atoms with Gasteiger partial charge in [0.1, 0.15) is 18.4 Å². The highest BCUT2D eigenvalue weighted by molar-refractivity contribution is 4.86. The zero-order valence-corrected chi connectivity index (χ0v) is 44.4. The van der Waals surface area contributed by atoms with Gasteiger partial charge in [0.05, 0.1) is 6.54 Å². The second-order valence-corrected chi connectivity index (χ2v) is 21.8. The molecule has 1 aromatic rings. The van der Waals surface area contributed by atoms with Gasteiger partial charge in [-0.15, -0.1) is 0 Å². The molecule has 0 saturated carbocycles. The summed E-state index contributed by atoms with van der Waals surface area (Å²) in [6.45, 7) is 17.8. The Morgan fingerprint density at radius 2 is 0.726 bits per heavy atom. The monoisotopic (exact) mass is 868 g/mol. The molecule has 1 heterocycles. The minimum Gasteiger partial charge on any atom is -0.234 e. The summed E-state index contributed by atoms with van der Waals surface area (Å²) in [5.74, 6) is 4.15. The van der Waals surface area contributed by atoms with Gasteiger partial charge in [-0.3, -0.25) is 0 Å². The third-order valence-electron chi connectivity index (χ3n) is 15.1. The first kappa shape index (κ1) is 59.2. The largest absolute Gasteiger partial charge is 0.253 e. The van der Waals surface area contributed by atoms with Crippen LogP contribution in [-0.4, -0.2) is 4.57 Å². The fraction of sp³-hybridized carbons (Fsp3) is 0.950. The Labute approximate surface area is 393 Å². The highest BCUT2D eigenvalue weighted by atomic mass is 15.2. The number of unbranched alkanes of at least 4 members (excludes halogenated alkanes) is 32. The van der Waals surface area contributed by atoms with Crippen LogP contribution in [-0.2, 0) is 6.54 Å². The lowest BCUT2D eigenvalue weighted by molar-refractivity contribution is -0.702. The standard InChI is InChI=1S/C60H119N2/c1-8-11-14-16-18-20-22-24-26-28-30-32-34-36-38-40-47-59(48-41-39-37-35-33-31-29-27-25-23-21-19-17-15-12-9-2)49-42-43-50-60(52-51-57(6)46-44-45-56(4)5)62-55-54-61(58(62)7)53-13-10-3/h54-57,59-60H,8-53H2,1-7H3/q+1. The maximum Gasteiger partial charge on any atom is 0.253 e. The van der Waals surface area contributed by atoms with Crippen molar-refractivity contribution in [3.05, 3.63) is 18.2 Å². The SMILES string of the molecule is CCCCCCCCCCCCCCCCCCC(CCCCCCCCCCCCCCCCCC)CCCCC(CCC(C)CCCC(C)C)n1cc[n+](CCCC)c1C. The molecule has 0 fully saturated rings. The van der Waals surface area contributed by atoms with E-state index in [2.05, 4.69) is 70.0 Å². The number of nitrogens with zero attached hydrogens (tertiary/aromatic N) is 2. The van der Waals surface area contributed by atoms with Crippen molar-refractivity contribution >= 4 is 0 Å². The van der Waals surface area contributed by atoms with Crippen LogP contribution in [0.2, 0.25) is 0 Å². The maximum atomic E-state index is 2.70. The van der Waals surface area contributed by atoms with E-state index in [0.717, 1.165) is 17.8 Å². The van der Waals surface area contributed by atoms with E-state index < -0.39 is 0 Å². The smallest absolute Gasteiger partial charge is 0.234 e. The predicted octanol–water partition coefficient (Wildman–Crippen LogP) is 21.1. The summed E-state index contributed by atoms with van der Waals surface area (Å²) in [6.07, 6.45) is 70.1. The van der Waals surface area contributed by atoms with Gasteiger partial charge in [0.25, 0.3) is 5.82 Å². The average Bonchev–Trinajstić information content (AvgIpc) is 3.63. The highest BCUT2D eigenvalue weighted by Crippen LogP contribution is 2.30. The number of aryl methyl sites for hydroxylation is 1. The Hall–Kier alpha value is -0.790. The fourth-order valence-electron chi connectivity index (χ4n) is 10.6. The minimum atomic E-state index is 0.671. The van der Waals surface area contributed by atoms with Crippen LogP contribution in [0.5, 0.6) is 0 Å². The summed E-state index contributed by atoms with van der Waals surface area (Å²) in [4.78, 5) is 0. The topological polar surface area (TPSA) is 8.81 Å². The zero-order chi connectivity index (χ0) is 45.0. The van der Waals surface area contributed by atoms with Gasteiger partial charge >= 0.3 is 0 Å². The summed E-state index contributed by atoms with van der Waals surface area (Å²) >= 11 is 0. The van der Waals surface area contributed by atoms with Crippen molar-refractivity contribution in [2.75, 3.05) is 0 Å². The van der Waals surface area contributed by atoms with Gasteiger partial charge in [0.2, 0.25) is 0 Å². The number of hydrogen-bond donors (Lipinski definition) is 0. The maximum absolute atomic E-state index is 2.70. The van der Waals surface area contributed by atoms with Crippen LogP contribution in [0.25, 0.3) is 0 Å². The molecule has 2 nitrogen and oxygen atoms in total. The lowest BCUT2D eigenvalue weighted by Crippen LogP contribution is -2.36. The van der Waals surface area contributed by atoms with Crippen molar-refractivity contribution in [2.24, 2.45) is 17.8 Å². The highest BCUT2D eigenvalue weighted by Gasteiger charge is 2.22. The van der Waals surface area contributed by atoms with E-state index in [-0.39, 0.29) is 0 Å². The van der Waals surface area contributed by atoms with Crippen molar-refractivity contribution in [3.63, 3.8) is 0 Å². The summed E-state index contributed by atoms with van der Waals surface area (Å²) in [6, 6.07) is 0.671. The van der Waals surface area contributed by atoms with Crippen LogP contribution in [0.4, 0.5) is 0 Å². The van der Waals surface area contributed by atoms with Gasteiger partial charge in [0, 0.05) is 6.92 Å². The Kier molecular flexibility index (Phi) is 43.3. The molecule has 2 heteroatoms. The third kappa shape index (κ3) is 36.4. The Morgan fingerprint density at radius 3 is 1.11 bits per heavy atom.